The number of aromatic nitrogens is 2. The zero-order valence-corrected chi connectivity index (χ0v) is 14.5. The Bertz CT molecular complexity index is 684. The number of fused-ring (bicyclic) bond motifs is 1. The number of carbonyl (C=O) groups excluding carboxylic acids is 1. The van der Waals surface area contributed by atoms with Crippen LogP contribution in [0.5, 0.6) is 0 Å². The molecule has 2 N–H and O–H groups in total. The van der Waals surface area contributed by atoms with Gasteiger partial charge in [-0.05, 0) is 37.3 Å². The van der Waals surface area contributed by atoms with Crippen molar-refractivity contribution in [3.63, 3.8) is 0 Å². The van der Waals surface area contributed by atoms with Crippen LogP contribution in [0.25, 0.3) is 11.0 Å². The third-order valence-electron chi connectivity index (χ3n) is 4.48. The zero-order valence-electron chi connectivity index (χ0n) is 13.7. The second kappa shape index (κ2) is 7.36. The van der Waals surface area contributed by atoms with Gasteiger partial charge in [0.1, 0.15) is 12.4 Å². The molecule has 1 aliphatic rings. The Morgan fingerprint density at radius 3 is 3.09 bits per heavy atom. The Labute approximate surface area is 141 Å². The molecule has 1 fully saturated rings. The Balaban J connectivity index is 1.77. The lowest BCUT2D eigenvalue weighted by atomic mass is 9.95. The quantitative estimate of drug-likeness (QED) is 0.879. The normalized spacial score (nSPS) is 21.5. The first-order chi connectivity index (χ1) is 11.2. The number of nitrogens with one attached hydrogen (secondary N) is 2. The van der Waals surface area contributed by atoms with Crippen molar-refractivity contribution in [3.8, 4) is 0 Å². The van der Waals surface area contributed by atoms with Crippen molar-refractivity contribution in [1.29, 1.82) is 0 Å². The number of thioether (sulfide) groups is 1. The number of hydrogen-bond acceptors (Lipinski definition) is 4. The summed E-state index contributed by atoms with van der Waals surface area (Å²) in [5.74, 6) is 2.36. The van der Waals surface area contributed by atoms with Crippen LogP contribution in [-0.4, -0.2) is 40.8 Å². The van der Waals surface area contributed by atoms with E-state index in [1.807, 2.05) is 28.8 Å². The average molecular weight is 332 g/mol. The number of amides is 1. The fourth-order valence-corrected chi connectivity index (χ4v) is 3.60. The van der Waals surface area contributed by atoms with E-state index < -0.39 is 0 Å². The largest absolute Gasteiger partial charge is 0.350 e. The lowest BCUT2D eigenvalue weighted by molar-refractivity contribution is -0.122. The maximum atomic E-state index is 12.5. The van der Waals surface area contributed by atoms with Gasteiger partial charge in [0, 0.05) is 12.6 Å². The van der Waals surface area contributed by atoms with Gasteiger partial charge < -0.3 is 15.2 Å². The lowest BCUT2D eigenvalue weighted by Crippen LogP contribution is -2.50. The zero-order chi connectivity index (χ0) is 16.2. The number of imidazole rings is 1. The van der Waals surface area contributed by atoms with Crippen LogP contribution in [0.2, 0.25) is 0 Å². The van der Waals surface area contributed by atoms with E-state index in [0.717, 1.165) is 42.1 Å². The molecule has 2 aromatic rings. The highest BCUT2D eigenvalue weighted by Crippen LogP contribution is 2.19. The minimum absolute atomic E-state index is 0.0658. The van der Waals surface area contributed by atoms with Crippen molar-refractivity contribution in [1.82, 2.24) is 20.2 Å². The van der Waals surface area contributed by atoms with E-state index in [1.54, 1.807) is 11.8 Å². The standard InChI is InChI=1S/C17H24N4OS/c1-12-7-8-18-9-14(12)20-17(22)10-21-15-6-4-3-5-13(15)19-16(21)11-23-2/h3-6,12,14,18H,7-11H2,1-2H3,(H,20,22). The van der Waals surface area contributed by atoms with Gasteiger partial charge in [0.05, 0.1) is 16.8 Å². The molecule has 2 heterocycles. The molecular weight excluding hydrogens is 308 g/mol. The molecule has 0 spiro atoms. The summed E-state index contributed by atoms with van der Waals surface area (Å²) >= 11 is 1.72. The van der Waals surface area contributed by atoms with E-state index in [4.69, 9.17) is 0 Å². The van der Waals surface area contributed by atoms with E-state index in [-0.39, 0.29) is 11.9 Å². The summed E-state index contributed by atoms with van der Waals surface area (Å²) in [6.07, 6.45) is 3.16. The Kier molecular flexibility index (Phi) is 5.23. The molecule has 6 heteroatoms. The minimum atomic E-state index is 0.0658. The molecule has 0 aliphatic carbocycles. The monoisotopic (exact) mass is 332 g/mol. The van der Waals surface area contributed by atoms with Crippen molar-refractivity contribution < 1.29 is 4.79 Å². The number of nitrogens with zero attached hydrogens (tertiary/aromatic N) is 2. The van der Waals surface area contributed by atoms with E-state index >= 15 is 0 Å². The van der Waals surface area contributed by atoms with Gasteiger partial charge >= 0.3 is 0 Å². The molecule has 1 aromatic heterocycles. The summed E-state index contributed by atoms with van der Waals surface area (Å²) in [7, 11) is 0. The van der Waals surface area contributed by atoms with Gasteiger partial charge in [-0.15, -0.1) is 0 Å². The number of carbonyl (C=O) groups is 1. The highest BCUT2D eigenvalue weighted by Gasteiger charge is 2.23. The summed E-state index contributed by atoms with van der Waals surface area (Å²) < 4.78 is 2.04. The minimum Gasteiger partial charge on any atom is -0.350 e. The first-order valence-electron chi connectivity index (χ1n) is 8.12. The Morgan fingerprint density at radius 1 is 1.48 bits per heavy atom. The first kappa shape index (κ1) is 16.3. The van der Waals surface area contributed by atoms with Crippen molar-refractivity contribution in [3.05, 3.63) is 30.1 Å². The van der Waals surface area contributed by atoms with Crippen molar-refractivity contribution >= 4 is 28.7 Å². The summed E-state index contributed by atoms with van der Waals surface area (Å²) in [4.78, 5) is 17.2. The van der Waals surface area contributed by atoms with Gasteiger partial charge in [0.2, 0.25) is 5.91 Å². The van der Waals surface area contributed by atoms with Crippen LogP contribution in [0.3, 0.4) is 0 Å². The van der Waals surface area contributed by atoms with Crippen molar-refractivity contribution in [2.45, 2.75) is 31.7 Å². The molecule has 2 unspecified atom stereocenters. The number of hydrogen-bond donors (Lipinski definition) is 2. The Hall–Kier alpha value is -1.53. The third kappa shape index (κ3) is 3.70. The SMILES string of the molecule is CSCc1nc2ccccc2n1CC(=O)NC1CNCCC1C. The fourth-order valence-electron chi connectivity index (χ4n) is 3.12. The van der Waals surface area contributed by atoms with Crippen LogP contribution in [0.15, 0.2) is 24.3 Å². The van der Waals surface area contributed by atoms with Crippen molar-refractivity contribution in [2.24, 2.45) is 5.92 Å². The molecular formula is C17H24N4OS. The fraction of sp³-hybridized carbons (Fsp3) is 0.529. The second-order valence-electron chi connectivity index (χ2n) is 6.18. The maximum absolute atomic E-state index is 12.5. The van der Waals surface area contributed by atoms with Gasteiger partial charge in [0.15, 0.2) is 0 Å². The molecule has 5 nitrogen and oxygen atoms in total. The smallest absolute Gasteiger partial charge is 0.240 e. The average Bonchev–Trinajstić information content (AvgIpc) is 2.88. The van der Waals surface area contributed by atoms with Gasteiger partial charge in [-0.25, -0.2) is 4.98 Å². The Morgan fingerprint density at radius 2 is 2.30 bits per heavy atom. The maximum Gasteiger partial charge on any atom is 0.240 e. The van der Waals surface area contributed by atoms with Gasteiger partial charge in [-0.2, -0.15) is 11.8 Å². The predicted octanol–water partition coefficient (Wildman–Crippen LogP) is 2.01. The summed E-state index contributed by atoms with van der Waals surface area (Å²) in [5, 5.41) is 6.54. The molecule has 0 saturated carbocycles. The van der Waals surface area contributed by atoms with Crippen LogP contribution >= 0.6 is 11.8 Å². The molecule has 1 saturated heterocycles. The van der Waals surface area contributed by atoms with Crippen LogP contribution in [0.1, 0.15) is 19.2 Å². The van der Waals surface area contributed by atoms with Crippen LogP contribution < -0.4 is 10.6 Å². The summed E-state index contributed by atoms with van der Waals surface area (Å²) in [5.41, 5.74) is 1.98. The van der Waals surface area contributed by atoms with Crippen LogP contribution in [0.4, 0.5) is 0 Å². The summed E-state index contributed by atoms with van der Waals surface area (Å²) in [6.45, 7) is 4.43. The second-order valence-corrected chi connectivity index (χ2v) is 7.05. The molecule has 23 heavy (non-hydrogen) atoms. The lowest BCUT2D eigenvalue weighted by Gasteiger charge is -2.30. The third-order valence-corrected chi connectivity index (χ3v) is 5.03. The number of rotatable bonds is 5. The molecule has 2 atom stereocenters. The number of piperidine rings is 1. The van der Waals surface area contributed by atoms with Crippen LogP contribution in [-0.2, 0) is 17.1 Å². The summed E-state index contributed by atoms with van der Waals surface area (Å²) in [6, 6.07) is 8.23. The highest BCUT2D eigenvalue weighted by atomic mass is 32.2. The first-order valence-corrected chi connectivity index (χ1v) is 9.51. The number of benzene rings is 1. The molecule has 1 aromatic carbocycles. The van der Waals surface area contributed by atoms with Gasteiger partial charge in [-0.3, -0.25) is 4.79 Å². The topological polar surface area (TPSA) is 59.0 Å². The highest BCUT2D eigenvalue weighted by molar-refractivity contribution is 7.97. The predicted molar refractivity (Wildman–Crippen MR) is 95.5 cm³/mol. The molecule has 0 bridgehead atoms. The molecule has 1 aliphatic heterocycles. The van der Waals surface area contributed by atoms with E-state index in [9.17, 15) is 4.79 Å². The van der Waals surface area contributed by atoms with Crippen LogP contribution in [0, 0.1) is 5.92 Å². The molecule has 0 radical (unpaired) electrons. The van der Waals surface area contributed by atoms with Gasteiger partial charge in [0.25, 0.3) is 0 Å². The van der Waals surface area contributed by atoms with E-state index in [2.05, 4.69) is 28.8 Å². The van der Waals surface area contributed by atoms with E-state index in [1.165, 1.54) is 0 Å². The van der Waals surface area contributed by atoms with E-state index in [0.29, 0.717) is 12.5 Å². The molecule has 1 amide bonds. The molecule has 124 valence electrons. The molecule has 3 rings (SSSR count). The number of para-hydroxylation sites is 2. The van der Waals surface area contributed by atoms with Crippen molar-refractivity contribution in [2.75, 3.05) is 19.3 Å². The van der Waals surface area contributed by atoms with Gasteiger partial charge in [-0.1, -0.05) is 19.1 Å².